The van der Waals surface area contributed by atoms with E-state index in [0.717, 1.165) is 44.9 Å². The predicted octanol–water partition coefficient (Wildman–Crippen LogP) is 2.55. The van der Waals surface area contributed by atoms with Gasteiger partial charge in [0.2, 0.25) is 0 Å². The van der Waals surface area contributed by atoms with Crippen molar-refractivity contribution < 1.29 is 9.53 Å². The monoisotopic (exact) mass is 298 g/mol. The minimum absolute atomic E-state index is 0.157. The van der Waals surface area contributed by atoms with Crippen molar-refractivity contribution >= 4 is 17.6 Å². The second-order valence-corrected chi connectivity index (χ2v) is 5.54. The molecule has 0 heterocycles. The lowest BCUT2D eigenvalue weighted by Crippen LogP contribution is -2.12. The highest BCUT2D eigenvalue weighted by atomic mass is 16.5. The van der Waals surface area contributed by atoms with Gasteiger partial charge in [-0.05, 0) is 31.6 Å². The van der Waals surface area contributed by atoms with Crippen LogP contribution in [0.3, 0.4) is 0 Å². The predicted molar refractivity (Wildman–Crippen MR) is 85.5 cm³/mol. The van der Waals surface area contributed by atoms with Gasteiger partial charge in [0.15, 0.2) is 0 Å². The molecule has 0 aliphatic carbocycles. The van der Waals surface area contributed by atoms with E-state index in [-0.39, 0.29) is 17.6 Å². The summed E-state index contributed by atoms with van der Waals surface area (Å²) in [4.78, 5) is 11.4. The first-order valence-corrected chi connectivity index (χ1v) is 7.68. The lowest BCUT2D eigenvalue weighted by Gasteiger charge is -2.15. The number of unbranched alkanes of at least 4 members (excludes halogenated alkanes) is 3. The van der Waals surface area contributed by atoms with E-state index in [4.69, 9.17) is 27.0 Å². The minimum Gasteiger partial charge on any atom is -0.469 e. The second kappa shape index (κ2) is 12.2. The maximum absolute atomic E-state index is 11.4. The molecule has 0 fully saturated rings. The first-order valence-electron chi connectivity index (χ1n) is 7.68. The fourth-order valence-corrected chi connectivity index (χ4v) is 2.34. The molecule has 6 heteroatoms. The molecule has 0 aromatic heterocycles. The molecule has 0 saturated heterocycles. The quantitative estimate of drug-likeness (QED) is 0.180. The van der Waals surface area contributed by atoms with Crippen LogP contribution in [0.1, 0.15) is 64.2 Å². The lowest BCUT2D eigenvalue weighted by molar-refractivity contribution is -0.141. The van der Waals surface area contributed by atoms with Crippen LogP contribution in [0.2, 0.25) is 0 Å². The number of esters is 1. The number of rotatable bonds is 13. The van der Waals surface area contributed by atoms with E-state index in [9.17, 15) is 4.79 Å². The standard InChI is InChI=1S/C15H30N4O2/c1-21-15(20)11-12(8-5-6-10-14(18)19)7-3-2-4-9-13(16)17/h12H,2-11H2,1H3,(H3,16,17)(H3,18,19). The number of carbonyl (C=O) groups is 1. The molecule has 6 N–H and O–H groups in total. The highest BCUT2D eigenvalue weighted by Crippen LogP contribution is 2.21. The largest absolute Gasteiger partial charge is 0.469 e. The van der Waals surface area contributed by atoms with Crippen LogP contribution in [0.5, 0.6) is 0 Å². The van der Waals surface area contributed by atoms with Gasteiger partial charge >= 0.3 is 5.97 Å². The molecule has 0 bridgehead atoms. The Morgan fingerprint density at radius 2 is 1.43 bits per heavy atom. The van der Waals surface area contributed by atoms with Crippen LogP contribution in [0.15, 0.2) is 0 Å². The lowest BCUT2D eigenvalue weighted by atomic mass is 9.92. The van der Waals surface area contributed by atoms with E-state index < -0.39 is 0 Å². The van der Waals surface area contributed by atoms with Gasteiger partial charge in [-0.25, -0.2) is 0 Å². The number of carbonyl (C=O) groups excluding carboxylic acids is 1. The summed E-state index contributed by atoms with van der Waals surface area (Å²) in [7, 11) is 1.42. The highest BCUT2D eigenvalue weighted by molar-refractivity contribution is 5.77. The fourth-order valence-electron chi connectivity index (χ4n) is 2.34. The Bertz CT molecular complexity index is 332. The van der Waals surface area contributed by atoms with Crippen molar-refractivity contribution in [3.05, 3.63) is 0 Å². The summed E-state index contributed by atoms with van der Waals surface area (Å²) in [6.45, 7) is 0. The zero-order chi connectivity index (χ0) is 16.1. The number of nitrogens with two attached hydrogens (primary N) is 2. The van der Waals surface area contributed by atoms with Gasteiger partial charge in [-0.3, -0.25) is 15.6 Å². The first-order chi connectivity index (χ1) is 9.95. The van der Waals surface area contributed by atoms with E-state index in [2.05, 4.69) is 0 Å². The Kier molecular flexibility index (Phi) is 11.3. The Morgan fingerprint density at radius 3 is 1.90 bits per heavy atom. The smallest absolute Gasteiger partial charge is 0.305 e. The SMILES string of the molecule is COC(=O)CC(CCCCCC(=N)N)CCCCC(=N)N. The third kappa shape index (κ3) is 13.2. The maximum Gasteiger partial charge on any atom is 0.305 e. The normalized spacial score (nSPS) is 11.9. The number of methoxy groups -OCH3 is 1. The van der Waals surface area contributed by atoms with Crippen LogP contribution >= 0.6 is 0 Å². The van der Waals surface area contributed by atoms with Crippen LogP contribution in [0.25, 0.3) is 0 Å². The Balaban J connectivity index is 3.93. The second-order valence-electron chi connectivity index (χ2n) is 5.54. The first kappa shape index (κ1) is 19.4. The molecule has 1 unspecified atom stereocenters. The fraction of sp³-hybridized carbons (Fsp3) is 0.800. The van der Waals surface area contributed by atoms with Gasteiger partial charge in [-0.1, -0.05) is 19.3 Å². The number of ether oxygens (including phenoxy) is 1. The highest BCUT2D eigenvalue weighted by Gasteiger charge is 2.14. The van der Waals surface area contributed by atoms with Crippen molar-refractivity contribution in [2.24, 2.45) is 17.4 Å². The minimum atomic E-state index is -0.157. The molecule has 122 valence electrons. The van der Waals surface area contributed by atoms with E-state index in [1.807, 2.05) is 0 Å². The third-order valence-corrected chi connectivity index (χ3v) is 3.55. The van der Waals surface area contributed by atoms with Crippen LogP contribution in [-0.2, 0) is 9.53 Å². The zero-order valence-electron chi connectivity index (χ0n) is 13.1. The van der Waals surface area contributed by atoms with Crippen molar-refractivity contribution in [3.8, 4) is 0 Å². The van der Waals surface area contributed by atoms with E-state index in [0.29, 0.717) is 25.2 Å². The number of hydrogen-bond donors (Lipinski definition) is 4. The summed E-state index contributed by atoms with van der Waals surface area (Å²) in [6, 6.07) is 0. The van der Waals surface area contributed by atoms with Crippen molar-refractivity contribution in [3.63, 3.8) is 0 Å². The summed E-state index contributed by atoms with van der Waals surface area (Å²) >= 11 is 0. The molecular formula is C15H30N4O2. The maximum atomic E-state index is 11.4. The molecule has 6 nitrogen and oxygen atoms in total. The summed E-state index contributed by atoms with van der Waals surface area (Å²) in [6.07, 6.45) is 8.60. The number of amidine groups is 2. The van der Waals surface area contributed by atoms with E-state index in [1.165, 1.54) is 7.11 Å². The average Bonchev–Trinajstić information content (AvgIpc) is 2.41. The van der Waals surface area contributed by atoms with Gasteiger partial charge < -0.3 is 16.2 Å². The molecule has 1 atom stereocenters. The van der Waals surface area contributed by atoms with Gasteiger partial charge in [-0.15, -0.1) is 0 Å². The summed E-state index contributed by atoms with van der Waals surface area (Å²) < 4.78 is 4.75. The summed E-state index contributed by atoms with van der Waals surface area (Å²) in [5.74, 6) is 0.645. The van der Waals surface area contributed by atoms with Crippen molar-refractivity contribution in [2.75, 3.05) is 7.11 Å². The third-order valence-electron chi connectivity index (χ3n) is 3.55. The molecule has 0 aliphatic rings. The van der Waals surface area contributed by atoms with Crippen molar-refractivity contribution in [1.82, 2.24) is 0 Å². The summed E-state index contributed by atoms with van der Waals surface area (Å²) in [5, 5.41) is 14.4. The van der Waals surface area contributed by atoms with Gasteiger partial charge in [0.05, 0.1) is 18.8 Å². The van der Waals surface area contributed by atoms with Crippen LogP contribution < -0.4 is 11.5 Å². The average molecular weight is 298 g/mol. The molecule has 0 spiro atoms. The zero-order valence-corrected chi connectivity index (χ0v) is 13.1. The molecule has 21 heavy (non-hydrogen) atoms. The Labute approximate surface area is 127 Å². The molecule has 0 rings (SSSR count). The molecule has 0 saturated carbocycles. The molecule has 0 amide bonds. The van der Waals surface area contributed by atoms with Gasteiger partial charge in [0, 0.05) is 19.3 Å². The molecular weight excluding hydrogens is 268 g/mol. The Morgan fingerprint density at radius 1 is 0.952 bits per heavy atom. The van der Waals surface area contributed by atoms with Crippen molar-refractivity contribution in [1.29, 1.82) is 10.8 Å². The van der Waals surface area contributed by atoms with Gasteiger partial charge in [0.25, 0.3) is 0 Å². The van der Waals surface area contributed by atoms with Crippen LogP contribution in [0.4, 0.5) is 0 Å². The van der Waals surface area contributed by atoms with Crippen LogP contribution in [0, 0.1) is 16.7 Å². The van der Waals surface area contributed by atoms with Gasteiger partial charge in [0.1, 0.15) is 0 Å². The topological polar surface area (TPSA) is 126 Å². The molecule has 0 aromatic carbocycles. The van der Waals surface area contributed by atoms with E-state index >= 15 is 0 Å². The number of hydrogen-bond acceptors (Lipinski definition) is 4. The van der Waals surface area contributed by atoms with E-state index in [1.54, 1.807) is 0 Å². The molecule has 0 radical (unpaired) electrons. The van der Waals surface area contributed by atoms with Gasteiger partial charge in [-0.2, -0.15) is 0 Å². The Hall–Kier alpha value is -1.59. The molecule has 0 aliphatic heterocycles. The van der Waals surface area contributed by atoms with Crippen molar-refractivity contribution in [2.45, 2.75) is 64.2 Å². The number of nitrogens with one attached hydrogen (secondary N) is 2. The molecule has 0 aromatic rings. The summed E-state index contributed by atoms with van der Waals surface area (Å²) in [5.41, 5.74) is 10.6. The van der Waals surface area contributed by atoms with Crippen LogP contribution in [-0.4, -0.2) is 24.8 Å².